The van der Waals surface area contributed by atoms with Gasteiger partial charge < -0.3 is 14.4 Å². The van der Waals surface area contributed by atoms with Crippen molar-refractivity contribution in [3.8, 4) is 0 Å². The van der Waals surface area contributed by atoms with Crippen LogP contribution in [0, 0.1) is 6.92 Å². The topological polar surface area (TPSA) is 70.8 Å². The van der Waals surface area contributed by atoms with Crippen LogP contribution in [0.15, 0.2) is 41.0 Å². The highest BCUT2D eigenvalue weighted by molar-refractivity contribution is 6.09. The van der Waals surface area contributed by atoms with E-state index in [0.717, 1.165) is 0 Å². The molecule has 0 spiro atoms. The number of amides is 1. The summed E-state index contributed by atoms with van der Waals surface area (Å²) in [6.07, 6.45) is 1.46. The highest BCUT2D eigenvalue weighted by atomic mass is 16.4. The Balaban J connectivity index is 2.03. The van der Waals surface area contributed by atoms with Gasteiger partial charge in [-0.15, -0.1) is 0 Å². The first-order valence-electron chi connectivity index (χ1n) is 6.27. The first kappa shape index (κ1) is 12.5. The normalized spacial score (nSPS) is 17.1. The Labute approximate surface area is 115 Å². The molecule has 1 aromatic carbocycles. The standard InChI is InChI=1S/C15H13NO4/c1-9-10(6-7-20-9)14(17)16-8-12(15(18)19)11-4-2-3-5-13(11)16/h2-7,12H,8H2,1H3,(H,18,19)/t12-/m1/s1. The Morgan fingerprint density at radius 3 is 2.70 bits per heavy atom. The van der Waals surface area contributed by atoms with E-state index in [4.69, 9.17) is 4.42 Å². The number of benzene rings is 1. The van der Waals surface area contributed by atoms with Gasteiger partial charge in [0.2, 0.25) is 0 Å². The van der Waals surface area contributed by atoms with Gasteiger partial charge in [0.25, 0.3) is 5.91 Å². The number of carboxylic acid groups (broad SMARTS) is 1. The smallest absolute Gasteiger partial charge is 0.312 e. The predicted octanol–water partition coefficient (Wildman–Crippen LogP) is 2.42. The van der Waals surface area contributed by atoms with Crippen LogP contribution in [0.2, 0.25) is 0 Å². The van der Waals surface area contributed by atoms with Crippen molar-refractivity contribution in [1.29, 1.82) is 0 Å². The lowest BCUT2D eigenvalue weighted by Crippen LogP contribution is -2.31. The van der Waals surface area contributed by atoms with Crippen LogP contribution in [-0.2, 0) is 4.79 Å². The first-order valence-corrected chi connectivity index (χ1v) is 6.27. The summed E-state index contributed by atoms with van der Waals surface area (Å²) >= 11 is 0. The number of hydrogen-bond donors (Lipinski definition) is 1. The molecular weight excluding hydrogens is 258 g/mol. The van der Waals surface area contributed by atoms with Gasteiger partial charge in [-0.25, -0.2) is 0 Å². The molecule has 1 aliphatic rings. The number of rotatable bonds is 2. The fourth-order valence-electron chi connectivity index (χ4n) is 2.56. The summed E-state index contributed by atoms with van der Waals surface area (Å²) < 4.78 is 5.14. The summed E-state index contributed by atoms with van der Waals surface area (Å²) in [5, 5.41) is 9.29. The summed E-state index contributed by atoms with van der Waals surface area (Å²) in [5.41, 5.74) is 1.80. The zero-order chi connectivity index (χ0) is 14.3. The molecule has 0 fully saturated rings. The second-order valence-electron chi connectivity index (χ2n) is 4.76. The summed E-state index contributed by atoms with van der Waals surface area (Å²) in [5.74, 6) is -1.29. The van der Waals surface area contributed by atoms with Crippen LogP contribution >= 0.6 is 0 Å². The molecule has 1 N–H and O–H groups in total. The summed E-state index contributed by atoms with van der Waals surface area (Å²) in [7, 11) is 0. The molecule has 0 saturated carbocycles. The third-order valence-corrected chi connectivity index (χ3v) is 3.60. The minimum atomic E-state index is -0.920. The van der Waals surface area contributed by atoms with E-state index in [9.17, 15) is 14.7 Å². The number of furan rings is 1. The Morgan fingerprint density at radius 1 is 1.30 bits per heavy atom. The molecule has 2 aromatic rings. The van der Waals surface area contributed by atoms with Crippen molar-refractivity contribution in [1.82, 2.24) is 0 Å². The second kappa shape index (κ2) is 4.52. The van der Waals surface area contributed by atoms with Crippen LogP contribution in [-0.4, -0.2) is 23.5 Å². The maximum Gasteiger partial charge on any atom is 0.312 e. The Morgan fingerprint density at radius 2 is 2.05 bits per heavy atom. The van der Waals surface area contributed by atoms with Crippen molar-refractivity contribution in [2.45, 2.75) is 12.8 Å². The number of carbonyl (C=O) groups excluding carboxylic acids is 1. The van der Waals surface area contributed by atoms with E-state index in [-0.39, 0.29) is 12.5 Å². The van der Waals surface area contributed by atoms with E-state index < -0.39 is 11.9 Å². The largest absolute Gasteiger partial charge is 0.481 e. The number of fused-ring (bicyclic) bond motifs is 1. The van der Waals surface area contributed by atoms with Crippen LogP contribution in [0.25, 0.3) is 0 Å². The maximum absolute atomic E-state index is 12.5. The lowest BCUT2D eigenvalue weighted by molar-refractivity contribution is -0.138. The molecule has 0 bridgehead atoms. The summed E-state index contributed by atoms with van der Waals surface area (Å²) in [4.78, 5) is 25.4. The zero-order valence-electron chi connectivity index (χ0n) is 10.9. The zero-order valence-corrected chi connectivity index (χ0v) is 10.9. The average molecular weight is 271 g/mol. The third kappa shape index (κ3) is 1.79. The molecule has 0 radical (unpaired) electrons. The minimum absolute atomic E-state index is 0.151. The van der Waals surface area contributed by atoms with E-state index in [2.05, 4.69) is 0 Å². The quantitative estimate of drug-likeness (QED) is 0.910. The summed E-state index contributed by atoms with van der Waals surface area (Å²) in [6, 6.07) is 8.71. The van der Waals surface area contributed by atoms with Crippen molar-refractivity contribution in [2.75, 3.05) is 11.4 Å². The second-order valence-corrected chi connectivity index (χ2v) is 4.76. The Kier molecular flexibility index (Phi) is 2.82. The van der Waals surface area contributed by atoms with Crippen LogP contribution in [0.1, 0.15) is 27.6 Å². The number of aryl methyl sites for hydroxylation is 1. The van der Waals surface area contributed by atoms with Gasteiger partial charge in [0.05, 0.1) is 11.8 Å². The van der Waals surface area contributed by atoms with Gasteiger partial charge in [-0.1, -0.05) is 18.2 Å². The minimum Gasteiger partial charge on any atom is -0.481 e. The molecule has 3 rings (SSSR count). The number of aliphatic carboxylic acids is 1. The van der Waals surface area contributed by atoms with Crippen LogP contribution in [0.3, 0.4) is 0 Å². The van der Waals surface area contributed by atoms with Gasteiger partial charge in [-0.05, 0) is 24.6 Å². The Hall–Kier alpha value is -2.56. The highest BCUT2D eigenvalue weighted by Gasteiger charge is 2.37. The number of carbonyl (C=O) groups is 2. The number of nitrogens with zero attached hydrogens (tertiary/aromatic N) is 1. The number of anilines is 1. The van der Waals surface area contributed by atoms with Crippen LogP contribution in [0.5, 0.6) is 0 Å². The van der Waals surface area contributed by atoms with Crippen LogP contribution in [0.4, 0.5) is 5.69 Å². The van der Waals surface area contributed by atoms with Crippen molar-refractivity contribution in [3.05, 3.63) is 53.5 Å². The Bertz CT molecular complexity index is 689. The molecule has 5 nitrogen and oxygen atoms in total. The average Bonchev–Trinajstić information content (AvgIpc) is 3.01. The first-order chi connectivity index (χ1) is 9.59. The molecule has 102 valence electrons. The molecule has 0 saturated heterocycles. The monoisotopic (exact) mass is 271 g/mol. The van der Waals surface area contributed by atoms with Crippen molar-refractivity contribution in [3.63, 3.8) is 0 Å². The lowest BCUT2D eigenvalue weighted by Gasteiger charge is -2.16. The predicted molar refractivity (Wildman–Crippen MR) is 71.9 cm³/mol. The SMILES string of the molecule is Cc1occc1C(=O)N1C[C@@H](C(=O)O)c2ccccc21. The van der Waals surface area contributed by atoms with E-state index in [1.165, 1.54) is 11.2 Å². The number of para-hydroxylation sites is 1. The summed E-state index contributed by atoms with van der Waals surface area (Å²) in [6.45, 7) is 1.86. The number of hydrogen-bond acceptors (Lipinski definition) is 3. The third-order valence-electron chi connectivity index (χ3n) is 3.60. The molecule has 1 atom stereocenters. The maximum atomic E-state index is 12.5. The molecule has 1 amide bonds. The van der Waals surface area contributed by atoms with Gasteiger partial charge in [0, 0.05) is 12.2 Å². The van der Waals surface area contributed by atoms with Gasteiger partial charge in [0.1, 0.15) is 11.7 Å². The molecular formula is C15H13NO4. The molecule has 5 heteroatoms. The fourth-order valence-corrected chi connectivity index (χ4v) is 2.56. The molecule has 0 aliphatic carbocycles. The fraction of sp³-hybridized carbons (Fsp3) is 0.200. The molecule has 2 heterocycles. The molecule has 1 aliphatic heterocycles. The van der Waals surface area contributed by atoms with Crippen molar-refractivity contribution >= 4 is 17.6 Å². The van der Waals surface area contributed by atoms with Crippen molar-refractivity contribution in [2.24, 2.45) is 0 Å². The van der Waals surface area contributed by atoms with Gasteiger partial charge >= 0.3 is 5.97 Å². The van der Waals surface area contributed by atoms with Crippen LogP contribution < -0.4 is 4.90 Å². The van der Waals surface area contributed by atoms with E-state index >= 15 is 0 Å². The van der Waals surface area contributed by atoms with E-state index in [0.29, 0.717) is 22.6 Å². The van der Waals surface area contributed by atoms with Gasteiger partial charge in [0.15, 0.2) is 0 Å². The number of carboxylic acids is 1. The van der Waals surface area contributed by atoms with Crippen molar-refractivity contribution < 1.29 is 19.1 Å². The van der Waals surface area contributed by atoms with E-state index in [1.54, 1.807) is 37.3 Å². The molecule has 1 aromatic heterocycles. The molecule has 20 heavy (non-hydrogen) atoms. The highest BCUT2D eigenvalue weighted by Crippen LogP contribution is 2.37. The lowest BCUT2D eigenvalue weighted by atomic mass is 10.0. The molecule has 0 unspecified atom stereocenters. The van der Waals surface area contributed by atoms with E-state index in [1.807, 2.05) is 0 Å². The van der Waals surface area contributed by atoms with Gasteiger partial charge in [-0.3, -0.25) is 9.59 Å². The van der Waals surface area contributed by atoms with Gasteiger partial charge in [-0.2, -0.15) is 0 Å².